The molecular weight excluding hydrogens is 334 g/mol. The number of fused-ring (bicyclic) bond motifs is 2. The number of rotatable bonds is 4. The SMILES string of the molecule is CCOC(=O)C1(C(=O)OCC)Cc2cc3c(cc2CN1C(C)=O)CCC3. The molecule has 0 fully saturated rings. The second kappa shape index (κ2) is 7.09. The maximum atomic E-state index is 12.9. The Morgan fingerprint density at radius 3 is 2.00 bits per heavy atom. The number of carbonyl (C=O) groups excluding carboxylic acids is 3. The lowest BCUT2D eigenvalue weighted by molar-refractivity contribution is -0.180. The van der Waals surface area contributed by atoms with Gasteiger partial charge in [0.2, 0.25) is 11.4 Å². The van der Waals surface area contributed by atoms with E-state index in [1.54, 1.807) is 13.8 Å². The number of hydrogen-bond donors (Lipinski definition) is 0. The van der Waals surface area contributed by atoms with Gasteiger partial charge in [0.1, 0.15) is 0 Å². The molecule has 1 amide bonds. The highest BCUT2D eigenvalue weighted by Crippen LogP contribution is 2.37. The van der Waals surface area contributed by atoms with Crippen LogP contribution in [0.4, 0.5) is 0 Å². The van der Waals surface area contributed by atoms with Gasteiger partial charge in [-0.25, -0.2) is 9.59 Å². The molecule has 0 radical (unpaired) electrons. The molecule has 1 aliphatic carbocycles. The molecule has 1 aliphatic heterocycles. The summed E-state index contributed by atoms with van der Waals surface area (Å²) in [6, 6.07) is 4.20. The Hall–Kier alpha value is -2.37. The van der Waals surface area contributed by atoms with Crippen LogP contribution in [0.5, 0.6) is 0 Å². The molecule has 1 aromatic carbocycles. The van der Waals surface area contributed by atoms with E-state index in [-0.39, 0.29) is 32.1 Å². The maximum Gasteiger partial charge on any atom is 0.344 e. The van der Waals surface area contributed by atoms with Gasteiger partial charge in [-0.05, 0) is 55.4 Å². The quantitative estimate of drug-likeness (QED) is 0.607. The summed E-state index contributed by atoms with van der Waals surface area (Å²) in [7, 11) is 0. The van der Waals surface area contributed by atoms with Crippen LogP contribution in [0.2, 0.25) is 0 Å². The summed E-state index contributed by atoms with van der Waals surface area (Å²) in [4.78, 5) is 39.5. The predicted octanol–water partition coefficient (Wildman–Crippen LogP) is 1.94. The molecule has 140 valence electrons. The zero-order valence-corrected chi connectivity index (χ0v) is 15.6. The smallest absolute Gasteiger partial charge is 0.344 e. The third kappa shape index (κ3) is 2.87. The summed E-state index contributed by atoms with van der Waals surface area (Å²) >= 11 is 0. The Morgan fingerprint density at radius 1 is 0.962 bits per heavy atom. The van der Waals surface area contributed by atoms with Crippen molar-refractivity contribution in [3.63, 3.8) is 0 Å². The van der Waals surface area contributed by atoms with Crippen LogP contribution in [0.15, 0.2) is 12.1 Å². The van der Waals surface area contributed by atoms with Crippen LogP contribution in [0.3, 0.4) is 0 Å². The monoisotopic (exact) mass is 359 g/mol. The number of aryl methyl sites for hydroxylation is 2. The van der Waals surface area contributed by atoms with Gasteiger partial charge < -0.3 is 14.4 Å². The van der Waals surface area contributed by atoms with E-state index in [9.17, 15) is 14.4 Å². The molecule has 6 heteroatoms. The van der Waals surface area contributed by atoms with Crippen molar-refractivity contribution in [1.29, 1.82) is 0 Å². The lowest BCUT2D eigenvalue weighted by atomic mass is 9.81. The number of nitrogens with zero attached hydrogens (tertiary/aromatic N) is 1. The van der Waals surface area contributed by atoms with Crippen LogP contribution in [-0.2, 0) is 49.7 Å². The van der Waals surface area contributed by atoms with Gasteiger partial charge in [0.15, 0.2) is 0 Å². The van der Waals surface area contributed by atoms with Crippen molar-refractivity contribution in [2.24, 2.45) is 0 Å². The summed E-state index contributed by atoms with van der Waals surface area (Å²) in [5, 5.41) is 0. The number of amides is 1. The first-order valence-electron chi connectivity index (χ1n) is 9.20. The molecule has 26 heavy (non-hydrogen) atoms. The van der Waals surface area contributed by atoms with Gasteiger partial charge in [-0.3, -0.25) is 4.79 Å². The second-order valence-corrected chi connectivity index (χ2v) is 6.83. The normalized spacial score (nSPS) is 17.3. The van der Waals surface area contributed by atoms with Crippen LogP contribution < -0.4 is 0 Å². The van der Waals surface area contributed by atoms with Crippen LogP contribution in [0, 0.1) is 0 Å². The lowest BCUT2D eigenvalue weighted by Crippen LogP contribution is -2.65. The van der Waals surface area contributed by atoms with Crippen molar-refractivity contribution in [2.45, 2.75) is 58.5 Å². The number of hydrogen-bond acceptors (Lipinski definition) is 5. The van der Waals surface area contributed by atoms with Gasteiger partial charge in [-0.1, -0.05) is 12.1 Å². The van der Waals surface area contributed by atoms with E-state index in [1.165, 1.54) is 23.0 Å². The Labute approximate surface area is 153 Å². The van der Waals surface area contributed by atoms with Gasteiger partial charge in [0.25, 0.3) is 0 Å². The van der Waals surface area contributed by atoms with E-state index in [1.807, 2.05) is 0 Å². The van der Waals surface area contributed by atoms with E-state index in [2.05, 4.69) is 12.1 Å². The maximum absolute atomic E-state index is 12.9. The minimum atomic E-state index is -1.75. The van der Waals surface area contributed by atoms with E-state index in [0.717, 1.165) is 30.4 Å². The average molecular weight is 359 g/mol. The Kier molecular flexibility index (Phi) is 5.03. The standard InChI is InChI=1S/C20H25NO5/c1-4-25-18(23)20(19(24)26-5-2)11-16-9-14-7-6-8-15(14)10-17(16)12-21(20)13(3)22/h9-10H,4-8,11-12H2,1-3H3. The largest absolute Gasteiger partial charge is 0.464 e. The second-order valence-electron chi connectivity index (χ2n) is 6.83. The first-order chi connectivity index (χ1) is 12.4. The first-order valence-corrected chi connectivity index (χ1v) is 9.20. The van der Waals surface area contributed by atoms with Crippen molar-refractivity contribution in [3.05, 3.63) is 34.4 Å². The number of carbonyl (C=O) groups is 3. The van der Waals surface area contributed by atoms with Gasteiger partial charge in [-0.2, -0.15) is 0 Å². The molecule has 0 atom stereocenters. The van der Waals surface area contributed by atoms with Gasteiger partial charge >= 0.3 is 11.9 Å². The molecule has 3 rings (SSSR count). The highest BCUT2D eigenvalue weighted by atomic mass is 16.6. The highest BCUT2D eigenvalue weighted by Gasteiger charge is 2.57. The van der Waals surface area contributed by atoms with E-state index >= 15 is 0 Å². The fourth-order valence-electron chi connectivity index (χ4n) is 4.04. The van der Waals surface area contributed by atoms with Crippen LogP contribution in [0.1, 0.15) is 49.4 Å². The average Bonchev–Trinajstić information content (AvgIpc) is 3.05. The molecule has 6 nitrogen and oxygen atoms in total. The van der Waals surface area contributed by atoms with E-state index in [0.29, 0.717) is 0 Å². The van der Waals surface area contributed by atoms with E-state index < -0.39 is 17.5 Å². The molecule has 0 bridgehead atoms. The molecule has 0 spiro atoms. The molecule has 1 aromatic rings. The molecule has 0 saturated carbocycles. The molecule has 0 N–H and O–H groups in total. The van der Waals surface area contributed by atoms with Crippen molar-refractivity contribution in [1.82, 2.24) is 4.90 Å². The van der Waals surface area contributed by atoms with Gasteiger partial charge in [-0.15, -0.1) is 0 Å². The van der Waals surface area contributed by atoms with Crippen molar-refractivity contribution >= 4 is 17.8 Å². The lowest BCUT2D eigenvalue weighted by Gasteiger charge is -2.43. The fraction of sp³-hybridized carbons (Fsp3) is 0.550. The number of ether oxygens (including phenoxy) is 2. The predicted molar refractivity (Wildman–Crippen MR) is 94.4 cm³/mol. The minimum Gasteiger partial charge on any atom is -0.464 e. The van der Waals surface area contributed by atoms with Gasteiger partial charge in [0.05, 0.1) is 13.2 Å². The number of benzene rings is 1. The summed E-state index contributed by atoms with van der Waals surface area (Å²) in [5.41, 5.74) is 2.72. The highest BCUT2D eigenvalue weighted by molar-refractivity contribution is 6.08. The van der Waals surface area contributed by atoms with Crippen LogP contribution in [0.25, 0.3) is 0 Å². The van der Waals surface area contributed by atoms with Crippen molar-refractivity contribution in [2.75, 3.05) is 13.2 Å². The number of esters is 2. The summed E-state index contributed by atoms with van der Waals surface area (Å²) in [6.07, 6.45) is 3.23. The molecule has 0 unspecified atom stereocenters. The summed E-state index contributed by atoms with van der Waals surface area (Å²) in [6.45, 7) is 5.18. The molecule has 1 heterocycles. The third-order valence-corrected chi connectivity index (χ3v) is 5.26. The van der Waals surface area contributed by atoms with Crippen molar-refractivity contribution < 1.29 is 23.9 Å². The summed E-state index contributed by atoms with van der Waals surface area (Å²) in [5.74, 6) is -1.79. The summed E-state index contributed by atoms with van der Waals surface area (Å²) < 4.78 is 10.4. The molecule has 2 aliphatic rings. The first kappa shape index (κ1) is 18.4. The van der Waals surface area contributed by atoms with Gasteiger partial charge in [0, 0.05) is 19.9 Å². The zero-order chi connectivity index (χ0) is 18.9. The fourth-order valence-corrected chi connectivity index (χ4v) is 4.04. The Morgan fingerprint density at radius 2 is 1.50 bits per heavy atom. The topological polar surface area (TPSA) is 72.9 Å². The molecule has 0 saturated heterocycles. The van der Waals surface area contributed by atoms with Crippen LogP contribution >= 0.6 is 0 Å². The van der Waals surface area contributed by atoms with Crippen molar-refractivity contribution in [3.8, 4) is 0 Å². The third-order valence-electron chi connectivity index (χ3n) is 5.26. The molecule has 0 aromatic heterocycles. The minimum absolute atomic E-state index is 0.0901. The van der Waals surface area contributed by atoms with E-state index in [4.69, 9.17) is 9.47 Å². The Balaban J connectivity index is 2.13. The zero-order valence-electron chi connectivity index (χ0n) is 15.6. The molecular formula is C20H25NO5. The Bertz CT molecular complexity index is 737. The van der Waals surface area contributed by atoms with Crippen LogP contribution in [-0.4, -0.2) is 41.5 Å².